The van der Waals surface area contributed by atoms with E-state index in [0.29, 0.717) is 16.1 Å². The van der Waals surface area contributed by atoms with E-state index in [1.165, 1.54) is 0 Å². The number of aromatic nitrogens is 1. The summed E-state index contributed by atoms with van der Waals surface area (Å²) in [6, 6.07) is 7.06. The van der Waals surface area contributed by atoms with Crippen LogP contribution in [0.15, 0.2) is 30.5 Å². The molecule has 13 heavy (non-hydrogen) atoms. The maximum Gasteiger partial charge on any atom is 0.152 e. The van der Waals surface area contributed by atoms with Crippen molar-refractivity contribution in [2.75, 3.05) is 0 Å². The first-order valence-electron chi connectivity index (χ1n) is 3.81. The fourth-order valence-electron chi connectivity index (χ4n) is 1.26. The SMILES string of the molecule is O=Cc1cccc2c(Cl)ccnc12. The van der Waals surface area contributed by atoms with E-state index in [0.717, 1.165) is 11.7 Å². The third-order valence-corrected chi connectivity index (χ3v) is 2.21. The highest BCUT2D eigenvalue weighted by atomic mass is 35.5. The normalized spacial score (nSPS) is 10.2. The summed E-state index contributed by atoms with van der Waals surface area (Å²) < 4.78 is 0. The molecular formula is C10H6ClNO. The van der Waals surface area contributed by atoms with Crippen LogP contribution < -0.4 is 0 Å². The predicted octanol–water partition coefficient (Wildman–Crippen LogP) is 2.70. The van der Waals surface area contributed by atoms with Gasteiger partial charge >= 0.3 is 0 Å². The Labute approximate surface area is 80.2 Å². The van der Waals surface area contributed by atoms with E-state index in [4.69, 9.17) is 11.6 Å². The van der Waals surface area contributed by atoms with E-state index >= 15 is 0 Å². The van der Waals surface area contributed by atoms with Gasteiger partial charge in [0, 0.05) is 17.1 Å². The molecule has 0 aliphatic rings. The van der Waals surface area contributed by atoms with Gasteiger partial charge in [-0.1, -0.05) is 23.7 Å². The molecule has 0 atom stereocenters. The molecule has 1 aromatic heterocycles. The molecule has 1 heterocycles. The van der Waals surface area contributed by atoms with E-state index in [-0.39, 0.29) is 0 Å². The van der Waals surface area contributed by atoms with Gasteiger partial charge < -0.3 is 0 Å². The van der Waals surface area contributed by atoms with E-state index in [1.54, 1.807) is 24.4 Å². The van der Waals surface area contributed by atoms with Crippen LogP contribution in [0.1, 0.15) is 10.4 Å². The van der Waals surface area contributed by atoms with E-state index < -0.39 is 0 Å². The average molecular weight is 192 g/mol. The highest BCUT2D eigenvalue weighted by Crippen LogP contribution is 2.22. The van der Waals surface area contributed by atoms with Gasteiger partial charge in [-0.2, -0.15) is 0 Å². The van der Waals surface area contributed by atoms with Crippen molar-refractivity contribution in [1.29, 1.82) is 0 Å². The largest absolute Gasteiger partial charge is 0.298 e. The number of hydrogen-bond donors (Lipinski definition) is 0. The van der Waals surface area contributed by atoms with Crippen molar-refractivity contribution in [1.82, 2.24) is 4.98 Å². The molecule has 0 saturated carbocycles. The van der Waals surface area contributed by atoms with Gasteiger partial charge in [0.25, 0.3) is 0 Å². The first-order chi connectivity index (χ1) is 6.33. The Hall–Kier alpha value is -1.41. The first-order valence-corrected chi connectivity index (χ1v) is 4.19. The highest BCUT2D eigenvalue weighted by molar-refractivity contribution is 6.35. The number of rotatable bonds is 1. The lowest BCUT2D eigenvalue weighted by molar-refractivity contribution is 0.112. The van der Waals surface area contributed by atoms with E-state index in [1.807, 2.05) is 6.07 Å². The summed E-state index contributed by atoms with van der Waals surface area (Å²) >= 11 is 5.93. The van der Waals surface area contributed by atoms with Crippen LogP contribution in [0, 0.1) is 0 Å². The van der Waals surface area contributed by atoms with Gasteiger partial charge in [-0.25, -0.2) is 0 Å². The topological polar surface area (TPSA) is 30.0 Å². The van der Waals surface area contributed by atoms with Crippen LogP contribution in [0.2, 0.25) is 5.02 Å². The summed E-state index contributed by atoms with van der Waals surface area (Å²) in [5.74, 6) is 0. The molecule has 0 spiro atoms. The van der Waals surface area contributed by atoms with Crippen molar-refractivity contribution in [3.63, 3.8) is 0 Å². The fourth-order valence-corrected chi connectivity index (χ4v) is 1.47. The number of fused-ring (bicyclic) bond motifs is 1. The Morgan fingerprint density at radius 2 is 2.15 bits per heavy atom. The van der Waals surface area contributed by atoms with Crippen LogP contribution in [-0.4, -0.2) is 11.3 Å². The van der Waals surface area contributed by atoms with Crippen LogP contribution in [0.3, 0.4) is 0 Å². The maximum absolute atomic E-state index is 10.6. The Morgan fingerprint density at radius 1 is 1.31 bits per heavy atom. The van der Waals surface area contributed by atoms with Crippen molar-refractivity contribution in [3.05, 3.63) is 41.0 Å². The third kappa shape index (κ3) is 1.29. The lowest BCUT2D eigenvalue weighted by Gasteiger charge is -2.00. The third-order valence-electron chi connectivity index (χ3n) is 1.88. The molecule has 1 aromatic carbocycles. The minimum absolute atomic E-state index is 0.569. The minimum atomic E-state index is 0.569. The molecule has 2 aromatic rings. The molecule has 0 bridgehead atoms. The van der Waals surface area contributed by atoms with E-state index in [2.05, 4.69) is 4.98 Å². The molecule has 0 radical (unpaired) electrons. The molecule has 0 amide bonds. The molecule has 0 saturated heterocycles. The summed E-state index contributed by atoms with van der Waals surface area (Å²) in [4.78, 5) is 14.7. The number of carbonyl (C=O) groups is 1. The second-order valence-electron chi connectivity index (χ2n) is 2.65. The van der Waals surface area contributed by atoms with Crippen molar-refractivity contribution >= 4 is 28.8 Å². The monoisotopic (exact) mass is 191 g/mol. The number of aldehydes is 1. The van der Waals surface area contributed by atoms with Gasteiger partial charge in [-0.05, 0) is 12.1 Å². The van der Waals surface area contributed by atoms with Crippen LogP contribution in [0.5, 0.6) is 0 Å². The number of pyridine rings is 1. The quantitative estimate of drug-likeness (QED) is 0.649. The Balaban J connectivity index is 2.92. The summed E-state index contributed by atoms with van der Waals surface area (Å²) in [7, 11) is 0. The lowest BCUT2D eigenvalue weighted by atomic mass is 10.1. The number of hydrogen-bond acceptors (Lipinski definition) is 2. The van der Waals surface area contributed by atoms with Crippen molar-refractivity contribution in [3.8, 4) is 0 Å². The second-order valence-corrected chi connectivity index (χ2v) is 3.06. The van der Waals surface area contributed by atoms with Gasteiger partial charge in [0.05, 0.1) is 10.5 Å². The van der Waals surface area contributed by atoms with Crippen LogP contribution in [0.4, 0.5) is 0 Å². The average Bonchev–Trinajstić information content (AvgIpc) is 2.18. The molecule has 2 nitrogen and oxygen atoms in total. The molecule has 2 rings (SSSR count). The molecule has 0 aliphatic heterocycles. The molecule has 3 heteroatoms. The van der Waals surface area contributed by atoms with Gasteiger partial charge in [0.15, 0.2) is 6.29 Å². The smallest absolute Gasteiger partial charge is 0.152 e. The molecule has 64 valence electrons. The Kier molecular flexibility index (Phi) is 1.99. The molecule has 0 fully saturated rings. The summed E-state index contributed by atoms with van der Waals surface area (Å²) in [6.07, 6.45) is 2.38. The number of benzene rings is 1. The van der Waals surface area contributed by atoms with Gasteiger partial charge in [-0.3, -0.25) is 9.78 Å². The fraction of sp³-hybridized carbons (Fsp3) is 0. The second kappa shape index (κ2) is 3.15. The van der Waals surface area contributed by atoms with Crippen molar-refractivity contribution < 1.29 is 4.79 Å². The molecule has 0 aliphatic carbocycles. The predicted molar refractivity (Wildman–Crippen MR) is 52.1 cm³/mol. The van der Waals surface area contributed by atoms with E-state index in [9.17, 15) is 4.79 Å². The number of halogens is 1. The van der Waals surface area contributed by atoms with Crippen molar-refractivity contribution in [2.45, 2.75) is 0 Å². The molecule has 0 unspecified atom stereocenters. The summed E-state index contributed by atoms with van der Waals surface area (Å²) in [6.45, 7) is 0. The highest BCUT2D eigenvalue weighted by Gasteiger charge is 2.02. The first kappa shape index (κ1) is 8.20. The molecule has 0 N–H and O–H groups in total. The zero-order valence-corrected chi connectivity index (χ0v) is 7.45. The lowest BCUT2D eigenvalue weighted by Crippen LogP contribution is -1.86. The van der Waals surface area contributed by atoms with Crippen molar-refractivity contribution in [2.24, 2.45) is 0 Å². The summed E-state index contributed by atoms with van der Waals surface area (Å²) in [5, 5.41) is 1.43. The summed E-state index contributed by atoms with van der Waals surface area (Å²) in [5.41, 5.74) is 1.23. The van der Waals surface area contributed by atoms with Gasteiger partial charge in [0.2, 0.25) is 0 Å². The van der Waals surface area contributed by atoms with Gasteiger partial charge in [0.1, 0.15) is 0 Å². The van der Waals surface area contributed by atoms with Crippen LogP contribution >= 0.6 is 11.6 Å². The minimum Gasteiger partial charge on any atom is -0.298 e. The Bertz CT molecular complexity index is 467. The number of para-hydroxylation sites is 1. The number of carbonyl (C=O) groups excluding carboxylic acids is 1. The van der Waals surface area contributed by atoms with Gasteiger partial charge in [-0.15, -0.1) is 0 Å². The molecular weight excluding hydrogens is 186 g/mol. The number of nitrogens with zero attached hydrogens (tertiary/aromatic N) is 1. The van der Waals surface area contributed by atoms with Crippen LogP contribution in [-0.2, 0) is 0 Å². The van der Waals surface area contributed by atoms with Crippen LogP contribution in [0.25, 0.3) is 10.9 Å². The Morgan fingerprint density at radius 3 is 2.92 bits per heavy atom. The zero-order valence-electron chi connectivity index (χ0n) is 6.70. The zero-order chi connectivity index (χ0) is 9.26. The standard InChI is InChI=1S/C10H6ClNO/c11-9-4-5-12-10-7(6-13)2-1-3-8(9)10/h1-6H. The maximum atomic E-state index is 10.6.